The molecule has 0 aliphatic rings. The molecule has 1 heterocycles. The Kier molecular flexibility index (Phi) is 3.39. The average molecular weight is 249 g/mol. The average Bonchev–Trinajstić information content (AvgIpc) is 2.76. The van der Waals surface area contributed by atoms with E-state index >= 15 is 0 Å². The van der Waals surface area contributed by atoms with E-state index in [0.717, 1.165) is 36.2 Å². The normalized spacial score (nSPS) is 12.3. The SMILES string of the molecule is CCn1c(C(N)(CC)CC)nc2ccc(F)cc21. The molecule has 0 bridgehead atoms. The molecule has 0 aliphatic heterocycles. The number of fused-ring (bicyclic) bond motifs is 1. The van der Waals surface area contributed by atoms with Gasteiger partial charge in [0.25, 0.3) is 0 Å². The van der Waals surface area contributed by atoms with E-state index in [1.807, 2.05) is 11.5 Å². The van der Waals surface area contributed by atoms with Crippen LogP contribution in [0.25, 0.3) is 11.0 Å². The number of aryl methyl sites for hydroxylation is 1. The lowest BCUT2D eigenvalue weighted by atomic mass is 9.93. The van der Waals surface area contributed by atoms with Crippen LogP contribution in [-0.2, 0) is 12.1 Å². The molecule has 0 fully saturated rings. The van der Waals surface area contributed by atoms with Gasteiger partial charge >= 0.3 is 0 Å². The van der Waals surface area contributed by atoms with Gasteiger partial charge < -0.3 is 10.3 Å². The van der Waals surface area contributed by atoms with Crippen molar-refractivity contribution in [2.45, 2.75) is 45.7 Å². The number of imidazole rings is 1. The number of hydrogen-bond donors (Lipinski definition) is 1. The van der Waals surface area contributed by atoms with Crippen LogP contribution in [0.5, 0.6) is 0 Å². The fourth-order valence-corrected chi connectivity index (χ4v) is 2.36. The van der Waals surface area contributed by atoms with Gasteiger partial charge in [0, 0.05) is 6.54 Å². The van der Waals surface area contributed by atoms with Crippen molar-refractivity contribution in [2.75, 3.05) is 0 Å². The van der Waals surface area contributed by atoms with E-state index in [2.05, 4.69) is 18.8 Å². The number of hydrogen-bond acceptors (Lipinski definition) is 2. The van der Waals surface area contributed by atoms with Crippen molar-refractivity contribution in [2.24, 2.45) is 5.73 Å². The number of nitrogens with zero attached hydrogens (tertiary/aromatic N) is 2. The number of aromatic nitrogens is 2. The molecule has 0 unspecified atom stereocenters. The number of rotatable bonds is 4. The quantitative estimate of drug-likeness (QED) is 0.904. The molecular weight excluding hydrogens is 229 g/mol. The molecule has 1 aromatic heterocycles. The van der Waals surface area contributed by atoms with Gasteiger partial charge in [0.1, 0.15) is 11.6 Å². The van der Waals surface area contributed by atoms with Crippen molar-refractivity contribution in [3.05, 3.63) is 29.8 Å². The topological polar surface area (TPSA) is 43.8 Å². The van der Waals surface area contributed by atoms with E-state index in [-0.39, 0.29) is 5.82 Å². The van der Waals surface area contributed by atoms with Crippen molar-refractivity contribution in [3.63, 3.8) is 0 Å². The minimum Gasteiger partial charge on any atom is -0.327 e. The Balaban J connectivity index is 2.71. The van der Waals surface area contributed by atoms with Crippen LogP contribution < -0.4 is 5.73 Å². The van der Waals surface area contributed by atoms with Crippen molar-refractivity contribution in [1.29, 1.82) is 0 Å². The van der Waals surface area contributed by atoms with Crippen molar-refractivity contribution in [3.8, 4) is 0 Å². The summed E-state index contributed by atoms with van der Waals surface area (Å²) in [5.74, 6) is 0.620. The Morgan fingerprint density at radius 1 is 1.28 bits per heavy atom. The van der Waals surface area contributed by atoms with E-state index in [4.69, 9.17) is 5.73 Å². The Bertz CT molecular complexity index is 555. The molecule has 0 radical (unpaired) electrons. The first kappa shape index (κ1) is 13.0. The second-order valence-electron chi connectivity index (χ2n) is 4.68. The minimum atomic E-state index is -0.439. The first-order valence-corrected chi connectivity index (χ1v) is 6.50. The zero-order valence-corrected chi connectivity index (χ0v) is 11.2. The van der Waals surface area contributed by atoms with Gasteiger partial charge in [-0.1, -0.05) is 13.8 Å². The van der Waals surface area contributed by atoms with Gasteiger partial charge in [-0.15, -0.1) is 0 Å². The highest BCUT2D eigenvalue weighted by Crippen LogP contribution is 2.28. The monoisotopic (exact) mass is 249 g/mol. The maximum Gasteiger partial charge on any atom is 0.130 e. The van der Waals surface area contributed by atoms with Gasteiger partial charge in [0.05, 0.1) is 16.6 Å². The summed E-state index contributed by atoms with van der Waals surface area (Å²) in [7, 11) is 0. The van der Waals surface area contributed by atoms with Gasteiger partial charge in [-0.3, -0.25) is 0 Å². The molecule has 2 rings (SSSR count). The van der Waals surface area contributed by atoms with Crippen LogP contribution in [0, 0.1) is 5.82 Å². The standard InChI is InChI=1S/C14H20FN3/c1-4-14(16,5-2)13-17-11-8-7-10(15)9-12(11)18(13)6-3/h7-9H,4-6,16H2,1-3H3. The zero-order valence-electron chi connectivity index (χ0n) is 11.2. The lowest BCUT2D eigenvalue weighted by Gasteiger charge is -2.26. The van der Waals surface area contributed by atoms with Gasteiger partial charge in [-0.2, -0.15) is 0 Å². The number of benzene rings is 1. The minimum absolute atomic E-state index is 0.237. The summed E-state index contributed by atoms with van der Waals surface area (Å²) in [5, 5.41) is 0. The molecule has 0 saturated carbocycles. The van der Waals surface area contributed by atoms with E-state index in [0.29, 0.717) is 0 Å². The van der Waals surface area contributed by atoms with Crippen molar-refractivity contribution in [1.82, 2.24) is 9.55 Å². The number of halogens is 1. The third-order valence-electron chi connectivity index (χ3n) is 3.73. The molecule has 0 spiro atoms. The van der Waals surface area contributed by atoms with Crippen LogP contribution >= 0.6 is 0 Å². The molecule has 0 amide bonds. The molecule has 98 valence electrons. The third-order valence-corrected chi connectivity index (χ3v) is 3.73. The fourth-order valence-electron chi connectivity index (χ4n) is 2.36. The highest BCUT2D eigenvalue weighted by Gasteiger charge is 2.29. The van der Waals surface area contributed by atoms with E-state index in [1.165, 1.54) is 12.1 Å². The molecular formula is C14H20FN3. The Labute approximate surface area is 107 Å². The molecule has 18 heavy (non-hydrogen) atoms. The first-order valence-electron chi connectivity index (χ1n) is 6.50. The molecule has 0 saturated heterocycles. The third kappa shape index (κ3) is 1.90. The Morgan fingerprint density at radius 2 is 1.94 bits per heavy atom. The zero-order chi connectivity index (χ0) is 13.3. The first-order chi connectivity index (χ1) is 8.55. The molecule has 2 aromatic rings. The molecule has 1 aromatic carbocycles. The van der Waals surface area contributed by atoms with Gasteiger partial charge in [0.15, 0.2) is 0 Å². The Hall–Kier alpha value is -1.42. The molecule has 4 heteroatoms. The van der Waals surface area contributed by atoms with Crippen LogP contribution in [-0.4, -0.2) is 9.55 Å². The van der Waals surface area contributed by atoms with E-state index in [1.54, 1.807) is 6.07 Å². The number of nitrogens with two attached hydrogens (primary N) is 1. The second-order valence-corrected chi connectivity index (χ2v) is 4.68. The molecule has 2 N–H and O–H groups in total. The maximum absolute atomic E-state index is 13.4. The lowest BCUT2D eigenvalue weighted by molar-refractivity contribution is 0.373. The highest BCUT2D eigenvalue weighted by atomic mass is 19.1. The largest absolute Gasteiger partial charge is 0.327 e. The lowest BCUT2D eigenvalue weighted by Crippen LogP contribution is -2.38. The smallest absolute Gasteiger partial charge is 0.130 e. The van der Waals surface area contributed by atoms with E-state index < -0.39 is 5.54 Å². The summed E-state index contributed by atoms with van der Waals surface area (Å²) in [6.07, 6.45) is 1.63. The predicted octanol–water partition coefficient (Wildman–Crippen LogP) is 3.17. The highest BCUT2D eigenvalue weighted by molar-refractivity contribution is 5.76. The molecule has 0 aliphatic carbocycles. The molecule has 0 atom stereocenters. The fraction of sp³-hybridized carbons (Fsp3) is 0.500. The van der Waals surface area contributed by atoms with Crippen molar-refractivity contribution >= 4 is 11.0 Å². The van der Waals surface area contributed by atoms with Gasteiger partial charge in [-0.05, 0) is 38.0 Å². The summed E-state index contributed by atoms with van der Waals surface area (Å²) < 4.78 is 15.4. The van der Waals surface area contributed by atoms with Crippen molar-refractivity contribution < 1.29 is 4.39 Å². The van der Waals surface area contributed by atoms with Gasteiger partial charge in [0.2, 0.25) is 0 Å². The van der Waals surface area contributed by atoms with Crippen LogP contribution in [0.2, 0.25) is 0 Å². The molecule has 3 nitrogen and oxygen atoms in total. The second kappa shape index (κ2) is 4.69. The summed E-state index contributed by atoms with van der Waals surface area (Å²) in [6.45, 7) is 6.89. The van der Waals surface area contributed by atoms with Crippen LogP contribution in [0.4, 0.5) is 4.39 Å². The van der Waals surface area contributed by atoms with Crippen LogP contribution in [0.15, 0.2) is 18.2 Å². The maximum atomic E-state index is 13.4. The summed E-state index contributed by atoms with van der Waals surface area (Å²) >= 11 is 0. The predicted molar refractivity (Wildman–Crippen MR) is 71.8 cm³/mol. The Morgan fingerprint density at radius 3 is 2.50 bits per heavy atom. The van der Waals surface area contributed by atoms with Crippen LogP contribution in [0.3, 0.4) is 0 Å². The van der Waals surface area contributed by atoms with Gasteiger partial charge in [-0.25, -0.2) is 9.37 Å². The van der Waals surface area contributed by atoms with Crippen LogP contribution in [0.1, 0.15) is 39.4 Å². The summed E-state index contributed by atoms with van der Waals surface area (Å²) in [6, 6.07) is 4.68. The summed E-state index contributed by atoms with van der Waals surface area (Å²) in [5.41, 5.74) is 7.61. The summed E-state index contributed by atoms with van der Waals surface area (Å²) in [4.78, 5) is 4.61. The van der Waals surface area contributed by atoms with E-state index in [9.17, 15) is 4.39 Å².